The summed E-state index contributed by atoms with van der Waals surface area (Å²) in [6.07, 6.45) is 0. The molecule has 0 nitrogen and oxygen atoms in total. The van der Waals surface area contributed by atoms with Gasteiger partial charge in [-0.3, -0.25) is 0 Å². The Hall–Kier alpha value is -3.80. The van der Waals surface area contributed by atoms with Crippen LogP contribution in [-0.4, -0.2) is 0 Å². The van der Waals surface area contributed by atoms with E-state index in [1.165, 1.54) is 82.8 Å². The second-order valence-corrected chi connectivity index (χ2v) is 16.2. The summed E-state index contributed by atoms with van der Waals surface area (Å²) < 4.78 is 0. The molecule has 0 amide bonds. The molecule has 0 aliphatic carbocycles. The number of thiophene rings is 4. The van der Waals surface area contributed by atoms with E-state index in [-0.39, 0.29) is 0 Å². The van der Waals surface area contributed by atoms with Crippen LogP contribution in [0.1, 0.15) is 19.5 Å². The molecule has 0 fully saturated rings. The van der Waals surface area contributed by atoms with Crippen molar-refractivity contribution >= 4 is 66.9 Å². The first kappa shape index (κ1) is 28.9. The Morgan fingerprint density at radius 1 is 0.295 bits per heavy atom. The molecule has 0 aliphatic heterocycles. The fraction of sp³-hybridized carbons (Fsp3) is 0.100. The smallest absolute Gasteiger partial charge is 0.0358 e. The Morgan fingerprint density at radius 2 is 0.568 bits per heavy atom. The molecule has 216 valence electrons. The molecule has 0 radical (unpaired) electrons. The summed E-state index contributed by atoms with van der Waals surface area (Å²) in [6.45, 7) is 8.66. The van der Waals surface area contributed by atoms with Crippen LogP contribution in [0.4, 0.5) is 0 Å². The highest BCUT2D eigenvalue weighted by atomic mass is 32.1. The summed E-state index contributed by atoms with van der Waals surface area (Å²) in [5.74, 6) is 0. The third kappa shape index (κ3) is 5.71. The lowest BCUT2D eigenvalue weighted by molar-refractivity contribution is 1.64. The maximum atomic E-state index is 2.27. The molecule has 0 bridgehead atoms. The average Bonchev–Trinajstić information content (AvgIpc) is 3.86. The van der Waals surface area contributed by atoms with Crippen molar-refractivity contribution in [3.8, 4) is 41.8 Å². The summed E-state index contributed by atoms with van der Waals surface area (Å²) in [7, 11) is 0. The first-order chi connectivity index (χ1) is 21.4. The van der Waals surface area contributed by atoms with E-state index in [4.69, 9.17) is 0 Å². The predicted molar refractivity (Wildman–Crippen MR) is 200 cm³/mol. The molecule has 0 atom stereocenters. The molecule has 0 aliphatic rings. The maximum Gasteiger partial charge on any atom is 0.0358 e. The monoisotopic (exact) mass is 640 g/mol. The topological polar surface area (TPSA) is 0 Å². The van der Waals surface area contributed by atoms with E-state index in [1.54, 1.807) is 0 Å². The number of hydrogen-bond acceptors (Lipinski definition) is 4. The van der Waals surface area contributed by atoms with Crippen molar-refractivity contribution in [2.45, 2.75) is 27.7 Å². The Kier molecular flexibility index (Phi) is 8.09. The molecule has 8 rings (SSSR count). The largest absolute Gasteiger partial charge is 0.141 e. The fourth-order valence-corrected chi connectivity index (χ4v) is 9.40. The van der Waals surface area contributed by atoms with Gasteiger partial charge in [0.2, 0.25) is 0 Å². The van der Waals surface area contributed by atoms with Crippen molar-refractivity contribution in [1.29, 1.82) is 0 Å². The van der Waals surface area contributed by atoms with Gasteiger partial charge in [0, 0.05) is 50.1 Å². The Labute approximate surface area is 275 Å². The molecule has 44 heavy (non-hydrogen) atoms. The normalized spacial score (nSPS) is 11.2. The maximum absolute atomic E-state index is 2.27. The molecular formula is C40H32S4. The molecule has 0 spiro atoms. The summed E-state index contributed by atoms with van der Waals surface area (Å²) in [6, 6.07) is 44.3. The van der Waals surface area contributed by atoms with Gasteiger partial charge in [0.1, 0.15) is 0 Å². The van der Waals surface area contributed by atoms with Crippen LogP contribution in [-0.2, 0) is 0 Å². The molecule has 0 saturated carbocycles. The molecule has 4 heteroatoms. The van der Waals surface area contributed by atoms with Gasteiger partial charge in [-0.25, -0.2) is 0 Å². The van der Waals surface area contributed by atoms with E-state index in [0.717, 1.165) is 0 Å². The van der Waals surface area contributed by atoms with Gasteiger partial charge in [0.05, 0.1) is 0 Å². The Morgan fingerprint density at radius 3 is 0.818 bits per heavy atom. The van der Waals surface area contributed by atoms with Gasteiger partial charge in [-0.2, -0.15) is 0 Å². The predicted octanol–water partition coefficient (Wildman–Crippen LogP) is 13.8. The standard InChI is InChI=1S/C24H18S2.C16H14S2/c1-15-11-13-21(25-15)23-17-7-3-5-9-19(17)24(22-14-12-16(2)26-22)20-10-6-4-8-18(20)23;1-11-3-9-15(17-11)13-5-7-14(8-6-13)16-10-4-12(2)18-16/h3-14H,1-2H3;3-10H,1-2H3. The van der Waals surface area contributed by atoms with Gasteiger partial charge < -0.3 is 0 Å². The van der Waals surface area contributed by atoms with Gasteiger partial charge in [-0.15, -0.1) is 45.3 Å². The lowest BCUT2D eigenvalue weighted by Crippen LogP contribution is -1.87. The summed E-state index contributed by atoms with van der Waals surface area (Å²) in [4.78, 5) is 10.8. The zero-order valence-corrected chi connectivity index (χ0v) is 28.4. The lowest BCUT2D eigenvalue weighted by Gasteiger charge is -2.15. The number of fused-ring (bicyclic) bond motifs is 2. The highest BCUT2D eigenvalue weighted by Crippen LogP contribution is 2.46. The van der Waals surface area contributed by atoms with Crippen LogP contribution in [0.5, 0.6) is 0 Å². The second kappa shape index (κ2) is 12.3. The molecule has 0 N–H and O–H groups in total. The number of rotatable bonds is 4. The SMILES string of the molecule is Cc1ccc(-c2c3ccccc3c(-c3ccc(C)s3)c3ccccc23)s1.Cc1ccc(-c2ccc(-c3ccc(C)s3)cc2)s1. The average molecular weight is 641 g/mol. The molecule has 4 heterocycles. The molecule has 0 saturated heterocycles. The van der Waals surface area contributed by atoms with Crippen LogP contribution in [0.3, 0.4) is 0 Å². The first-order valence-corrected chi connectivity index (χ1v) is 18.0. The van der Waals surface area contributed by atoms with Crippen molar-refractivity contribution in [2.24, 2.45) is 0 Å². The van der Waals surface area contributed by atoms with E-state index in [0.29, 0.717) is 0 Å². The number of aryl methyl sites for hydroxylation is 4. The van der Waals surface area contributed by atoms with Crippen molar-refractivity contribution in [3.63, 3.8) is 0 Å². The molecule has 0 unspecified atom stereocenters. The van der Waals surface area contributed by atoms with Crippen molar-refractivity contribution in [1.82, 2.24) is 0 Å². The molecule has 8 aromatic rings. The lowest BCUT2D eigenvalue weighted by atomic mass is 9.90. The van der Waals surface area contributed by atoms with E-state index in [2.05, 4.69) is 149 Å². The Balaban J connectivity index is 0.000000152. The first-order valence-electron chi connectivity index (χ1n) is 14.8. The van der Waals surface area contributed by atoms with Crippen molar-refractivity contribution in [2.75, 3.05) is 0 Å². The zero-order valence-electron chi connectivity index (χ0n) is 25.2. The quantitative estimate of drug-likeness (QED) is 0.168. The highest BCUT2D eigenvalue weighted by molar-refractivity contribution is 7.16. The minimum absolute atomic E-state index is 1.31. The second-order valence-electron chi connectivity index (χ2n) is 11.1. The van der Waals surface area contributed by atoms with Gasteiger partial charge in [0.25, 0.3) is 0 Å². The van der Waals surface area contributed by atoms with Gasteiger partial charge in [-0.05, 0) is 109 Å². The van der Waals surface area contributed by atoms with Gasteiger partial charge in [0.15, 0.2) is 0 Å². The Bertz CT molecular complexity index is 2000. The fourth-order valence-electron chi connectivity index (χ4n) is 5.78. The highest BCUT2D eigenvalue weighted by Gasteiger charge is 2.17. The third-order valence-electron chi connectivity index (χ3n) is 7.84. The van der Waals surface area contributed by atoms with E-state index < -0.39 is 0 Å². The third-order valence-corrected chi connectivity index (χ3v) is 12.0. The van der Waals surface area contributed by atoms with E-state index in [9.17, 15) is 0 Å². The van der Waals surface area contributed by atoms with Crippen LogP contribution in [0.2, 0.25) is 0 Å². The minimum atomic E-state index is 1.31. The summed E-state index contributed by atoms with van der Waals surface area (Å²) in [5, 5.41) is 5.37. The molecule has 4 aromatic heterocycles. The number of hydrogen-bond donors (Lipinski definition) is 0. The van der Waals surface area contributed by atoms with E-state index >= 15 is 0 Å². The minimum Gasteiger partial charge on any atom is -0.141 e. The zero-order chi connectivity index (χ0) is 30.2. The van der Waals surface area contributed by atoms with Crippen molar-refractivity contribution < 1.29 is 0 Å². The van der Waals surface area contributed by atoms with E-state index in [1.807, 2.05) is 45.3 Å². The summed E-state index contributed by atoms with van der Waals surface area (Å²) >= 11 is 7.46. The van der Waals surface area contributed by atoms with Crippen molar-refractivity contribution in [3.05, 3.63) is 141 Å². The van der Waals surface area contributed by atoms with Crippen LogP contribution in [0, 0.1) is 27.7 Å². The van der Waals surface area contributed by atoms with Gasteiger partial charge >= 0.3 is 0 Å². The molecule has 4 aromatic carbocycles. The van der Waals surface area contributed by atoms with Crippen LogP contribution >= 0.6 is 45.3 Å². The number of benzene rings is 4. The molecular weight excluding hydrogens is 609 g/mol. The van der Waals surface area contributed by atoms with Crippen LogP contribution in [0.15, 0.2) is 121 Å². The summed E-state index contributed by atoms with van der Waals surface area (Å²) in [5.41, 5.74) is 5.35. The van der Waals surface area contributed by atoms with Gasteiger partial charge in [-0.1, -0.05) is 72.8 Å². The van der Waals surface area contributed by atoms with Crippen LogP contribution in [0.25, 0.3) is 63.3 Å². The van der Waals surface area contributed by atoms with Crippen LogP contribution < -0.4 is 0 Å².